The van der Waals surface area contributed by atoms with Gasteiger partial charge >= 0.3 is 6.03 Å². The summed E-state index contributed by atoms with van der Waals surface area (Å²) in [6.07, 6.45) is 0. The van der Waals surface area contributed by atoms with Gasteiger partial charge in [-0.2, -0.15) is 0 Å². The number of carbonyl (C=O) groups excluding carboxylic acids is 1. The quantitative estimate of drug-likeness (QED) is 0.860. The zero-order valence-corrected chi connectivity index (χ0v) is 15.0. The molecule has 138 valence electrons. The number of ether oxygens (including phenoxy) is 3. The molecule has 7 nitrogen and oxygen atoms in total. The minimum atomic E-state index is -0.332. The van der Waals surface area contributed by atoms with Gasteiger partial charge in [0.1, 0.15) is 11.5 Å². The van der Waals surface area contributed by atoms with Gasteiger partial charge in [-0.15, -0.1) is 0 Å². The van der Waals surface area contributed by atoms with Crippen molar-refractivity contribution in [1.29, 1.82) is 0 Å². The van der Waals surface area contributed by atoms with E-state index in [2.05, 4.69) is 15.5 Å². The van der Waals surface area contributed by atoms with Crippen molar-refractivity contribution >= 4 is 23.1 Å². The molecule has 26 heavy (non-hydrogen) atoms. The molecular weight excluding hydrogens is 334 g/mol. The highest BCUT2D eigenvalue weighted by molar-refractivity contribution is 6.02. The van der Waals surface area contributed by atoms with Crippen LogP contribution >= 0.6 is 0 Å². The Labute approximate surface area is 152 Å². The van der Waals surface area contributed by atoms with Crippen LogP contribution in [0, 0.1) is 0 Å². The molecule has 0 radical (unpaired) electrons. The Hall–Kier alpha value is -2.93. The Balaban J connectivity index is 1.72. The van der Waals surface area contributed by atoms with Gasteiger partial charge in [-0.05, 0) is 12.1 Å². The van der Waals surface area contributed by atoms with Crippen LogP contribution in [0.25, 0.3) is 0 Å². The van der Waals surface area contributed by atoms with E-state index in [0.29, 0.717) is 30.4 Å². The molecule has 1 aliphatic heterocycles. The average Bonchev–Trinajstić information content (AvgIpc) is 2.68. The van der Waals surface area contributed by atoms with E-state index in [-0.39, 0.29) is 6.03 Å². The monoisotopic (exact) mass is 357 g/mol. The maximum Gasteiger partial charge on any atom is 0.323 e. The molecule has 3 rings (SSSR count). The Kier molecular flexibility index (Phi) is 5.80. The highest BCUT2D eigenvalue weighted by atomic mass is 16.5. The van der Waals surface area contributed by atoms with Crippen molar-refractivity contribution in [1.82, 2.24) is 0 Å². The molecule has 0 bridgehead atoms. The standard InChI is InChI=1S/C19H23N3O4/c1-24-15-11-14(12-16(13-15)25-2)20-19(23)21-17-5-3-4-6-18(17)22-7-9-26-10-8-22/h3-6,11-13H,7-10H2,1-2H3,(H2,20,21,23). The number of carbonyl (C=O) groups is 1. The van der Waals surface area contributed by atoms with Crippen molar-refractivity contribution in [2.75, 3.05) is 56.1 Å². The number of rotatable bonds is 5. The molecule has 0 saturated carbocycles. The van der Waals surface area contributed by atoms with Crippen LogP contribution < -0.4 is 25.0 Å². The van der Waals surface area contributed by atoms with E-state index < -0.39 is 0 Å². The van der Waals surface area contributed by atoms with E-state index in [1.807, 2.05) is 24.3 Å². The van der Waals surface area contributed by atoms with Crippen LogP contribution in [0.2, 0.25) is 0 Å². The first-order valence-corrected chi connectivity index (χ1v) is 8.42. The first-order valence-electron chi connectivity index (χ1n) is 8.42. The smallest absolute Gasteiger partial charge is 0.323 e. The highest BCUT2D eigenvalue weighted by Crippen LogP contribution is 2.28. The third-order valence-electron chi connectivity index (χ3n) is 4.11. The largest absolute Gasteiger partial charge is 0.497 e. The van der Waals surface area contributed by atoms with Gasteiger partial charge in [-0.25, -0.2) is 4.79 Å². The molecule has 0 aliphatic carbocycles. The van der Waals surface area contributed by atoms with Gasteiger partial charge in [-0.3, -0.25) is 0 Å². The number of benzene rings is 2. The molecular formula is C19H23N3O4. The van der Waals surface area contributed by atoms with Gasteiger partial charge in [0.05, 0.1) is 38.8 Å². The zero-order chi connectivity index (χ0) is 18.4. The van der Waals surface area contributed by atoms with Crippen molar-refractivity contribution in [3.05, 3.63) is 42.5 Å². The maximum absolute atomic E-state index is 12.5. The van der Waals surface area contributed by atoms with Gasteiger partial charge < -0.3 is 29.7 Å². The molecule has 1 fully saturated rings. The fourth-order valence-electron chi connectivity index (χ4n) is 2.82. The van der Waals surface area contributed by atoms with Crippen molar-refractivity contribution < 1.29 is 19.0 Å². The number of morpholine rings is 1. The van der Waals surface area contributed by atoms with Gasteiger partial charge in [-0.1, -0.05) is 12.1 Å². The van der Waals surface area contributed by atoms with Crippen LogP contribution in [-0.2, 0) is 4.74 Å². The van der Waals surface area contributed by atoms with Crippen molar-refractivity contribution in [2.45, 2.75) is 0 Å². The second kappa shape index (κ2) is 8.44. The summed E-state index contributed by atoms with van der Waals surface area (Å²) in [6.45, 7) is 2.97. The van der Waals surface area contributed by atoms with Crippen LogP contribution in [0.1, 0.15) is 0 Å². The summed E-state index contributed by atoms with van der Waals surface area (Å²) in [5.74, 6) is 1.21. The number of amides is 2. The third kappa shape index (κ3) is 4.37. The zero-order valence-electron chi connectivity index (χ0n) is 15.0. The molecule has 1 saturated heterocycles. The predicted octanol–water partition coefficient (Wildman–Crippen LogP) is 3.18. The molecule has 0 spiro atoms. The number of methoxy groups -OCH3 is 2. The minimum Gasteiger partial charge on any atom is -0.497 e. The Morgan fingerprint density at radius 3 is 2.31 bits per heavy atom. The molecule has 1 aliphatic rings. The molecule has 2 aromatic carbocycles. The summed E-state index contributed by atoms with van der Waals surface area (Å²) in [5.41, 5.74) is 2.32. The molecule has 2 aromatic rings. The summed E-state index contributed by atoms with van der Waals surface area (Å²) in [5, 5.41) is 5.73. The minimum absolute atomic E-state index is 0.332. The summed E-state index contributed by atoms with van der Waals surface area (Å²) < 4.78 is 15.9. The number of urea groups is 1. The second-order valence-corrected chi connectivity index (χ2v) is 5.80. The lowest BCUT2D eigenvalue weighted by atomic mass is 10.2. The van der Waals surface area contributed by atoms with E-state index >= 15 is 0 Å². The molecule has 1 heterocycles. The molecule has 7 heteroatoms. The molecule has 2 amide bonds. The predicted molar refractivity (Wildman–Crippen MR) is 102 cm³/mol. The third-order valence-corrected chi connectivity index (χ3v) is 4.11. The van der Waals surface area contributed by atoms with E-state index in [0.717, 1.165) is 24.5 Å². The number of hydrogen-bond acceptors (Lipinski definition) is 5. The molecule has 0 atom stereocenters. The Morgan fingerprint density at radius 2 is 1.65 bits per heavy atom. The Morgan fingerprint density at radius 1 is 1.00 bits per heavy atom. The van der Waals surface area contributed by atoms with Gasteiger partial charge in [0, 0.05) is 37.0 Å². The maximum atomic E-state index is 12.5. The van der Waals surface area contributed by atoms with Crippen LogP contribution in [0.15, 0.2) is 42.5 Å². The molecule has 0 aromatic heterocycles. The topological polar surface area (TPSA) is 72.1 Å². The van der Waals surface area contributed by atoms with Crippen molar-refractivity contribution in [3.63, 3.8) is 0 Å². The fourth-order valence-corrected chi connectivity index (χ4v) is 2.82. The van der Waals surface area contributed by atoms with Crippen LogP contribution in [-0.4, -0.2) is 46.6 Å². The number of nitrogens with one attached hydrogen (secondary N) is 2. The lowest BCUT2D eigenvalue weighted by Gasteiger charge is -2.30. The molecule has 0 unspecified atom stereocenters. The number of para-hydroxylation sites is 2. The van der Waals surface area contributed by atoms with Crippen LogP contribution in [0.5, 0.6) is 11.5 Å². The van der Waals surface area contributed by atoms with Crippen molar-refractivity contribution in [2.24, 2.45) is 0 Å². The van der Waals surface area contributed by atoms with E-state index in [1.165, 1.54) is 0 Å². The number of anilines is 3. The summed E-state index contributed by atoms with van der Waals surface area (Å²) >= 11 is 0. The van der Waals surface area contributed by atoms with Gasteiger partial charge in [0.25, 0.3) is 0 Å². The summed E-state index contributed by atoms with van der Waals surface area (Å²) in [7, 11) is 3.13. The first-order chi connectivity index (χ1) is 12.7. The fraction of sp³-hybridized carbons (Fsp3) is 0.316. The lowest BCUT2D eigenvalue weighted by molar-refractivity contribution is 0.123. The number of nitrogens with zero attached hydrogens (tertiary/aromatic N) is 1. The normalized spacial score (nSPS) is 13.8. The lowest BCUT2D eigenvalue weighted by Crippen LogP contribution is -2.37. The molecule has 2 N–H and O–H groups in total. The first kappa shape index (κ1) is 17.9. The van der Waals surface area contributed by atoms with Crippen LogP contribution in [0.3, 0.4) is 0 Å². The SMILES string of the molecule is COc1cc(NC(=O)Nc2ccccc2N2CCOCC2)cc(OC)c1. The van der Waals surface area contributed by atoms with E-state index in [4.69, 9.17) is 14.2 Å². The Bertz CT molecular complexity index is 738. The number of hydrogen-bond donors (Lipinski definition) is 2. The van der Waals surface area contributed by atoms with Gasteiger partial charge in [0.15, 0.2) is 0 Å². The van der Waals surface area contributed by atoms with Crippen LogP contribution in [0.4, 0.5) is 21.9 Å². The average molecular weight is 357 g/mol. The van der Waals surface area contributed by atoms with E-state index in [9.17, 15) is 4.79 Å². The summed E-state index contributed by atoms with van der Waals surface area (Å²) in [6, 6.07) is 12.6. The second-order valence-electron chi connectivity index (χ2n) is 5.80. The van der Waals surface area contributed by atoms with Crippen molar-refractivity contribution in [3.8, 4) is 11.5 Å². The van der Waals surface area contributed by atoms with E-state index in [1.54, 1.807) is 32.4 Å². The van der Waals surface area contributed by atoms with Gasteiger partial charge in [0.2, 0.25) is 0 Å². The summed E-state index contributed by atoms with van der Waals surface area (Å²) in [4.78, 5) is 14.7. The highest BCUT2D eigenvalue weighted by Gasteiger charge is 2.16.